The molecule has 17 heavy (non-hydrogen) atoms. The molecule has 1 saturated heterocycles. The Morgan fingerprint density at radius 2 is 2.00 bits per heavy atom. The SMILES string of the molecule is O=C(NCC1CCC(Br)CC1)C1COCCO1. The summed E-state index contributed by atoms with van der Waals surface area (Å²) in [6.45, 7) is 2.28. The first-order valence-corrected chi connectivity index (χ1v) is 7.28. The number of carbonyl (C=O) groups is 1. The predicted molar refractivity (Wildman–Crippen MR) is 68.2 cm³/mol. The summed E-state index contributed by atoms with van der Waals surface area (Å²) in [6.07, 6.45) is 4.40. The van der Waals surface area contributed by atoms with Crippen LogP contribution in [-0.4, -0.2) is 43.2 Å². The topological polar surface area (TPSA) is 47.6 Å². The standard InChI is InChI=1S/C12H20BrNO3/c13-10-3-1-9(2-4-10)7-14-12(15)11-8-16-5-6-17-11/h9-11H,1-8H2,(H,14,15). The van der Waals surface area contributed by atoms with Gasteiger partial charge in [0, 0.05) is 11.4 Å². The Labute approximate surface area is 111 Å². The van der Waals surface area contributed by atoms with Gasteiger partial charge in [-0.15, -0.1) is 0 Å². The summed E-state index contributed by atoms with van der Waals surface area (Å²) in [5.74, 6) is 0.600. The lowest BCUT2D eigenvalue weighted by Crippen LogP contribution is -2.44. The van der Waals surface area contributed by atoms with Crippen molar-refractivity contribution in [3.8, 4) is 0 Å². The van der Waals surface area contributed by atoms with Gasteiger partial charge >= 0.3 is 0 Å². The van der Waals surface area contributed by atoms with Crippen LogP contribution >= 0.6 is 15.9 Å². The number of amides is 1. The average Bonchev–Trinajstić information content (AvgIpc) is 2.39. The summed E-state index contributed by atoms with van der Waals surface area (Å²) in [6, 6.07) is 0. The molecule has 0 aromatic heterocycles. The number of alkyl halides is 1. The van der Waals surface area contributed by atoms with Crippen molar-refractivity contribution in [2.45, 2.75) is 36.6 Å². The molecule has 1 saturated carbocycles. The van der Waals surface area contributed by atoms with E-state index >= 15 is 0 Å². The van der Waals surface area contributed by atoms with E-state index in [2.05, 4.69) is 21.2 Å². The average molecular weight is 306 g/mol. The molecule has 2 aliphatic rings. The molecule has 0 spiro atoms. The van der Waals surface area contributed by atoms with Crippen LogP contribution in [0.1, 0.15) is 25.7 Å². The van der Waals surface area contributed by atoms with E-state index in [1.54, 1.807) is 0 Å². The van der Waals surface area contributed by atoms with Gasteiger partial charge in [0.05, 0.1) is 19.8 Å². The Hall–Kier alpha value is -0.130. The van der Waals surface area contributed by atoms with E-state index < -0.39 is 6.10 Å². The molecule has 0 aromatic carbocycles. The summed E-state index contributed by atoms with van der Waals surface area (Å²) in [5.41, 5.74) is 0. The van der Waals surface area contributed by atoms with Crippen molar-refractivity contribution in [1.29, 1.82) is 0 Å². The molecule has 1 unspecified atom stereocenters. The first-order chi connectivity index (χ1) is 8.25. The fourth-order valence-electron chi connectivity index (χ4n) is 2.32. The van der Waals surface area contributed by atoms with Crippen LogP contribution in [0.3, 0.4) is 0 Å². The lowest BCUT2D eigenvalue weighted by molar-refractivity contribution is -0.147. The van der Waals surface area contributed by atoms with Crippen molar-refractivity contribution >= 4 is 21.8 Å². The quantitative estimate of drug-likeness (QED) is 0.803. The molecule has 1 aliphatic heterocycles. The fourth-order valence-corrected chi connectivity index (χ4v) is 2.85. The second kappa shape index (κ2) is 6.71. The van der Waals surface area contributed by atoms with Crippen molar-refractivity contribution in [3.63, 3.8) is 0 Å². The van der Waals surface area contributed by atoms with E-state index in [-0.39, 0.29) is 5.91 Å². The van der Waals surface area contributed by atoms with E-state index in [9.17, 15) is 4.79 Å². The van der Waals surface area contributed by atoms with Crippen molar-refractivity contribution in [2.24, 2.45) is 5.92 Å². The zero-order valence-corrected chi connectivity index (χ0v) is 11.6. The van der Waals surface area contributed by atoms with E-state index in [4.69, 9.17) is 9.47 Å². The van der Waals surface area contributed by atoms with Gasteiger partial charge in [0.1, 0.15) is 0 Å². The Bertz CT molecular complexity index is 248. The molecular formula is C12H20BrNO3. The minimum Gasteiger partial charge on any atom is -0.376 e. The minimum absolute atomic E-state index is 0.0225. The largest absolute Gasteiger partial charge is 0.376 e. The van der Waals surface area contributed by atoms with Gasteiger partial charge in [0.15, 0.2) is 6.10 Å². The van der Waals surface area contributed by atoms with Crippen molar-refractivity contribution in [1.82, 2.24) is 5.32 Å². The van der Waals surface area contributed by atoms with Crippen molar-refractivity contribution in [3.05, 3.63) is 0 Å². The van der Waals surface area contributed by atoms with Crippen LogP contribution in [0.2, 0.25) is 0 Å². The van der Waals surface area contributed by atoms with Crippen LogP contribution < -0.4 is 5.32 Å². The van der Waals surface area contributed by atoms with Crippen molar-refractivity contribution in [2.75, 3.05) is 26.4 Å². The first-order valence-electron chi connectivity index (χ1n) is 6.37. The van der Waals surface area contributed by atoms with Crippen LogP contribution in [0.4, 0.5) is 0 Å². The van der Waals surface area contributed by atoms with Gasteiger partial charge in [-0.05, 0) is 31.6 Å². The molecule has 5 heteroatoms. The summed E-state index contributed by atoms with van der Waals surface area (Å²) in [5, 5.41) is 2.98. The second-order valence-corrected chi connectivity index (χ2v) is 6.09. The molecule has 0 radical (unpaired) electrons. The highest BCUT2D eigenvalue weighted by Gasteiger charge is 2.24. The Balaban J connectivity index is 1.65. The molecule has 1 atom stereocenters. The van der Waals surface area contributed by atoms with Crippen LogP contribution in [0, 0.1) is 5.92 Å². The zero-order chi connectivity index (χ0) is 12.1. The van der Waals surface area contributed by atoms with Gasteiger partial charge in [0.25, 0.3) is 5.91 Å². The van der Waals surface area contributed by atoms with Crippen LogP contribution in [0.25, 0.3) is 0 Å². The summed E-state index contributed by atoms with van der Waals surface area (Å²) < 4.78 is 10.6. The van der Waals surface area contributed by atoms with Gasteiger partial charge in [-0.3, -0.25) is 4.79 Å². The van der Waals surface area contributed by atoms with Gasteiger partial charge in [-0.1, -0.05) is 15.9 Å². The molecule has 4 nitrogen and oxygen atoms in total. The van der Waals surface area contributed by atoms with Crippen molar-refractivity contribution < 1.29 is 14.3 Å². The highest BCUT2D eigenvalue weighted by atomic mass is 79.9. The highest BCUT2D eigenvalue weighted by molar-refractivity contribution is 9.09. The maximum absolute atomic E-state index is 11.8. The van der Waals surface area contributed by atoms with E-state index in [0.29, 0.717) is 30.6 Å². The molecule has 0 bridgehead atoms. The third-order valence-corrected chi connectivity index (χ3v) is 4.37. The number of rotatable bonds is 3. The lowest BCUT2D eigenvalue weighted by atomic mass is 9.89. The van der Waals surface area contributed by atoms with Crippen LogP contribution in [0.15, 0.2) is 0 Å². The van der Waals surface area contributed by atoms with Gasteiger partial charge in [-0.25, -0.2) is 0 Å². The third kappa shape index (κ3) is 4.23. The van der Waals surface area contributed by atoms with E-state index in [1.807, 2.05) is 0 Å². The van der Waals surface area contributed by atoms with Gasteiger partial charge in [0.2, 0.25) is 0 Å². The second-order valence-electron chi connectivity index (χ2n) is 4.80. The van der Waals surface area contributed by atoms with E-state index in [1.165, 1.54) is 25.7 Å². The molecule has 2 rings (SSSR count). The fraction of sp³-hybridized carbons (Fsp3) is 0.917. The number of hydrogen-bond acceptors (Lipinski definition) is 3. The monoisotopic (exact) mass is 305 g/mol. The summed E-state index contributed by atoms with van der Waals surface area (Å²) >= 11 is 3.63. The summed E-state index contributed by atoms with van der Waals surface area (Å²) in [7, 11) is 0. The van der Waals surface area contributed by atoms with Gasteiger partial charge < -0.3 is 14.8 Å². The Morgan fingerprint density at radius 3 is 2.65 bits per heavy atom. The minimum atomic E-state index is -0.406. The first kappa shape index (κ1) is 13.3. The maximum Gasteiger partial charge on any atom is 0.251 e. The normalized spacial score (nSPS) is 34.3. The molecule has 98 valence electrons. The maximum atomic E-state index is 11.8. The Kier molecular flexibility index (Phi) is 5.25. The van der Waals surface area contributed by atoms with E-state index in [0.717, 1.165) is 6.54 Å². The predicted octanol–water partition coefficient (Wildman–Crippen LogP) is 1.47. The molecule has 1 heterocycles. The smallest absolute Gasteiger partial charge is 0.251 e. The van der Waals surface area contributed by atoms with Crippen LogP contribution in [0.5, 0.6) is 0 Å². The number of carbonyl (C=O) groups excluding carboxylic acids is 1. The molecular weight excluding hydrogens is 286 g/mol. The molecule has 0 aromatic rings. The molecule has 1 amide bonds. The number of nitrogens with one attached hydrogen (secondary N) is 1. The lowest BCUT2D eigenvalue weighted by Gasteiger charge is -2.27. The number of halogens is 1. The molecule has 1 aliphatic carbocycles. The Morgan fingerprint density at radius 1 is 1.24 bits per heavy atom. The third-order valence-electron chi connectivity index (χ3n) is 3.45. The number of ether oxygens (including phenoxy) is 2. The zero-order valence-electron chi connectivity index (χ0n) is 9.99. The molecule has 2 fully saturated rings. The van der Waals surface area contributed by atoms with Gasteiger partial charge in [-0.2, -0.15) is 0 Å². The highest BCUT2D eigenvalue weighted by Crippen LogP contribution is 2.28. The number of hydrogen-bond donors (Lipinski definition) is 1. The molecule has 1 N–H and O–H groups in total. The van der Waals surface area contributed by atoms with Crippen LogP contribution in [-0.2, 0) is 14.3 Å². The summed E-state index contributed by atoms with van der Waals surface area (Å²) in [4.78, 5) is 12.5.